The lowest BCUT2D eigenvalue weighted by atomic mass is 9.91. The van der Waals surface area contributed by atoms with E-state index in [0.717, 1.165) is 82.9 Å². The number of fused-ring (bicyclic) bond motifs is 8. The van der Waals surface area contributed by atoms with Crippen LogP contribution < -0.4 is 0 Å². The van der Waals surface area contributed by atoms with Crippen LogP contribution >= 0.6 is 0 Å². The topological polar surface area (TPSA) is 31.2 Å². The molecule has 0 spiro atoms. The highest BCUT2D eigenvalue weighted by atomic mass is 16.3. The molecule has 220 valence electrons. The molecule has 0 aliphatic heterocycles. The van der Waals surface area contributed by atoms with Crippen LogP contribution in [-0.2, 0) is 0 Å². The molecule has 3 heteroatoms. The molecular formula is C44H27NO2. The van der Waals surface area contributed by atoms with Gasteiger partial charge < -0.3 is 13.4 Å². The van der Waals surface area contributed by atoms with E-state index in [2.05, 4.69) is 168 Å². The summed E-state index contributed by atoms with van der Waals surface area (Å²) < 4.78 is 15.7. The third kappa shape index (κ3) is 3.87. The second-order valence-corrected chi connectivity index (χ2v) is 12.1. The summed E-state index contributed by atoms with van der Waals surface area (Å²) in [5.41, 5.74) is 13.7. The van der Waals surface area contributed by atoms with Crippen molar-refractivity contribution in [3.05, 3.63) is 164 Å². The van der Waals surface area contributed by atoms with Gasteiger partial charge in [-0.05, 0) is 70.3 Å². The van der Waals surface area contributed by atoms with Crippen LogP contribution in [-0.4, -0.2) is 4.57 Å². The van der Waals surface area contributed by atoms with Gasteiger partial charge in [-0.2, -0.15) is 0 Å². The molecule has 0 N–H and O–H groups in total. The van der Waals surface area contributed by atoms with Crippen LogP contribution in [0, 0.1) is 0 Å². The molecule has 3 nitrogen and oxygen atoms in total. The summed E-state index contributed by atoms with van der Waals surface area (Å²) in [6.45, 7) is 0. The smallest absolute Gasteiger partial charge is 0.161 e. The molecule has 0 aliphatic carbocycles. The van der Waals surface area contributed by atoms with Gasteiger partial charge in [0.2, 0.25) is 0 Å². The van der Waals surface area contributed by atoms with E-state index in [1.807, 2.05) is 0 Å². The Morgan fingerprint density at radius 2 is 1.02 bits per heavy atom. The first-order valence-electron chi connectivity index (χ1n) is 15.9. The van der Waals surface area contributed by atoms with Gasteiger partial charge in [0.25, 0.3) is 0 Å². The predicted molar refractivity (Wildman–Crippen MR) is 194 cm³/mol. The highest BCUT2D eigenvalue weighted by Gasteiger charge is 2.23. The molecular weight excluding hydrogens is 574 g/mol. The molecule has 0 bridgehead atoms. The number of furan rings is 2. The van der Waals surface area contributed by atoms with E-state index < -0.39 is 0 Å². The highest BCUT2D eigenvalue weighted by molar-refractivity contribution is 6.21. The normalized spacial score (nSPS) is 11.8. The van der Waals surface area contributed by atoms with Gasteiger partial charge in [0.15, 0.2) is 5.58 Å². The average molecular weight is 602 g/mol. The van der Waals surface area contributed by atoms with Crippen molar-refractivity contribution in [3.63, 3.8) is 0 Å². The molecule has 0 atom stereocenters. The highest BCUT2D eigenvalue weighted by Crippen LogP contribution is 2.46. The number of rotatable bonds is 4. The van der Waals surface area contributed by atoms with E-state index in [1.165, 1.54) is 11.1 Å². The number of benzene rings is 7. The molecule has 3 heterocycles. The number of hydrogen-bond donors (Lipinski definition) is 0. The molecule has 10 aromatic rings. The largest absolute Gasteiger partial charge is 0.455 e. The van der Waals surface area contributed by atoms with Crippen LogP contribution in [0.25, 0.3) is 94.0 Å². The van der Waals surface area contributed by atoms with Crippen LogP contribution in [0.2, 0.25) is 0 Å². The number of hydrogen-bond acceptors (Lipinski definition) is 2. The third-order valence-corrected chi connectivity index (χ3v) is 9.43. The summed E-state index contributed by atoms with van der Waals surface area (Å²) in [6.07, 6.45) is 0. The van der Waals surface area contributed by atoms with Crippen LogP contribution in [0.4, 0.5) is 0 Å². The van der Waals surface area contributed by atoms with E-state index >= 15 is 0 Å². The molecule has 0 aliphatic rings. The maximum absolute atomic E-state index is 6.69. The second kappa shape index (κ2) is 10.1. The Morgan fingerprint density at radius 1 is 0.383 bits per heavy atom. The van der Waals surface area contributed by atoms with Crippen LogP contribution in [0.1, 0.15) is 0 Å². The Morgan fingerprint density at radius 3 is 1.87 bits per heavy atom. The SMILES string of the molecule is c1ccc(-c2ccc3oc4c(-c5ccccc5-c5cccc6oc7c8ccccc8n(-c8ccccc8)c7c56)cccc4c3c2)cc1. The van der Waals surface area contributed by atoms with Crippen molar-refractivity contribution in [2.75, 3.05) is 0 Å². The first-order valence-corrected chi connectivity index (χ1v) is 15.9. The lowest BCUT2D eigenvalue weighted by Crippen LogP contribution is -1.94. The number of nitrogens with zero attached hydrogens (tertiary/aromatic N) is 1. The molecule has 47 heavy (non-hydrogen) atoms. The molecule has 0 saturated carbocycles. The van der Waals surface area contributed by atoms with Gasteiger partial charge in [-0.25, -0.2) is 0 Å². The molecule has 0 saturated heterocycles. The van der Waals surface area contributed by atoms with E-state index in [-0.39, 0.29) is 0 Å². The zero-order chi connectivity index (χ0) is 30.9. The lowest BCUT2D eigenvalue weighted by molar-refractivity contribution is 0.670. The van der Waals surface area contributed by atoms with E-state index in [9.17, 15) is 0 Å². The average Bonchev–Trinajstić information content (AvgIpc) is 3.81. The maximum Gasteiger partial charge on any atom is 0.161 e. The van der Waals surface area contributed by atoms with Crippen molar-refractivity contribution < 1.29 is 8.83 Å². The minimum atomic E-state index is 0.869. The fourth-order valence-corrected chi connectivity index (χ4v) is 7.35. The Hall–Kier alpha value is -6.32. The minimum Gasteiger partial charge on any atom is -0.455 e. The third-order valence-electron chi connectivity index (χ3n) is 9.43. The Balaban J connectivity index is 1.24. The number of aromatic nitrogens is 1. The summed E-state index contributed by atoms with van der Waals surface area (Å²) in [7, 11) is 0. The fraction of sp³-hybridized carbons (Fsp3) is 0. The maximum atomic E-state index is 6.69. The van der Waals surface area contributed by atoms with Crippen molar-refractivity contribution in [1.82, 2.24) is 4.57 Å². The Labute approximate surface area is 270 Å². The molecule has 0 unspecified atom stereocenters. The fourth-order valence-electron chi connectivity index (χ4n) is 7.35. The molecule has 0 fully saturated rings. The van der Waals surface area contributed by atoms with Crippen molar-refractivity contribution in [3.8, 4) is 39.1 Å². The van der Waals surface area contributed by atoms with E-state index in [1.54, 1.807) is 0 Å². The monoisotopic (exact) mass is 601 g/mol. The summed E-state index contributed by atoms with van der Waals surface area (Å²) in [5.74, 6) is 0. The Bertz CT molecular complexity index is 2780. The van der Waals surface area contributed by atoms with Crippen molar-refractivity contribution >= 4 is 54.9 Å². The van der Waals surface area contributed by atoms with Crippen LogP contribution in [0.15, 0.2) is 173 Å². The van der Waals surface area contributed by atoms with Crippen LogP contribution in [0.3, 0.4) is 0 Å². The van der Waals surface area contributed by atoms with Gasteiger partial charge in [0.05, 0.1) is 10.9 Å². The Kier molecular flexibility index (Phi) is 5.57. The zero-order valence-electron chi connectivity index (χ0n) is 25.4. The van der Waals surface area contributed by atoms with Gasteiger partial charge in [0, 0.05) is 27.4 Å². The first-order chi connectivity index (χ1) is 23.3. The lowest BCUT2D eigenvalue weighted by Gasteiger charge is -2.13. The summed E-state index contributed by atoms with van der Waals surface area (Å²) in [4.78, 5) is 0. The molecule has 7 aromatic carbocycles. The van der Waals surface area contributed by atoms with Crippen molar-refractivity contribution in [2.45, 2.75) is 0 Å². The van der Waals surface area contributed by atoms with Gasteiger partial charge in [-0.3, -0.25) is 0 Å². The zero-order valence-corrected chi connectivity index (χ0v) is 25.4. The van der Waals surface area contributed by atoms with Gasteiger partial charge >= 0.3 is 0 Å². The molecule has 3 aromatic heterocycles. The summed E-state index contributed by atoms with van der Waals surface area (Å²) in [6, 6.07) is 57.6. The van der Waals surface area contributed by atoms with Gasteiger partial charge in [-0.1, -0.05) is 121 Å². The van der Waals surface area contributed by atoms with Crippen LogP contribution in [0.5, 0.6) is 0 Å². The second-order valence-electron chi connectivity index (χ2n) is 12.1. The van der Waals surface area contributed by atoms with Crippen molar-refractivity contribution in [2.24, 2.45) is 0 Å². The first kappa shape index (κ1) is 26.0. The quantitative estimate of drug-likeness (QED) is 0.201. The van der Waals surface area contributed by atoms with Gasteiger partial charge in [-0.15, -0.1) is 0 Å². The van der Waals surface area contributed by atoms with Crippen molar-refractivity contribution in [1.29, 1.82) is 0 Å². The summed E-state index contributed by atoms with van der Waals surface area (Å²) >= 11 is 0. The van der Waals surface area contributed by atoms with E-state index in [0.29, 0.717) is 0 Å². The number of para-hydroxylation sites is 3. The summed E-state index contributed by atoms with van der Waals surface area (Å²) in [5, 5.41) is 4.42. The molecule has 0 radical (unpaired) electrons. The van der Waals surface area contributed by atoms with Gasteiger partial charge in [0.1, 0.15) is 22.3 Å². The molecule has 0 amide bonds. The molecule has 10 rings (SSSR count). The van der Waals surface area contributed by atoms with E-state index in [4.69, 9.17) is 8.83 Å². The standard InChI is InChI=1S/C44H27NO2/c1-3-13-28(14-4-1)29-25-26-39-37(27-29)35-22-11-21-34(43(35)46-39)32-18-8-7-17-31(32)33-20-12-24-40-41(33)42-44(47-40)36-19-9-10-23-38(36)45(42)30-15-5-2-6-16-30/h1-27H. The predicted octanol–water partition coefficient (Wildman–Crippen LogP) is 12.4. The minimum absolute atomic E-state index is 0.869.